The van der Waals surface area contributed by atoms with Crippen molar-refractivity contribution < 1.29 is 0 Å². The van der Waals surface area contributed by atoms with Crippen molar-refractivity contribution >= 4 is 15.9 Å². The van der Waals surface area contributed by atoms with E-state index in [1.807, 2.05) is 0 Å². The second-order valence-electron chi connectivity index (χ2n) is 4.33. The maximum atomic E-state index is 5.71. The third kappa shape index (κ3) is 4.64. The fourth-order valence-corrected chi connectivity index (χ4v) is 2.04. The Labute approximate surface area is 107 Å². The molecule has 0 heterocycles. The lowest BCUT2D eigenvalue weighted by atomic mass is 10.1. The third-order valence-corrected chi connectivity index (χ3v) is 3.37. The summed E-state index contributed by atoms with van der Waals surface area (Å²) in [5, 5.41) is 0. The zero-order chi connectivity index (χ0) is 12.0. The highest BCUT2D eigenvalue weighted by molar-refractivity contribution is 9.10. The van der Waals surface area contributed by atoms with Crippen LogP contribution in [-0.4, -0.2) is 25.0 Å². The Balaban J connectivity index is 2.44. The van der Waals surface area contributed by atoms with E-state index in [9.17, 15) is 0 Å². The van der Waals surface area contributed by atoms with Gasteiger partial charge in [0.25, 0.3) is 0 Å². The summed E-state index contributed by atoms with van der Waals surface area (Å²) in [6, 6.07) is 8.49. The van der Waals surface area contributed by atoms with Gasteiger partial charge in [0.05, 0.1) is 0 Å². The Morgan fingerprint density at radius 3 is 2.44 bits per heavy atom. The van der Waals surface area contributed by atoms with Crippen LogP contribution in [0.4, 0.5) is 0 Å². The van der Waals surface area contributed by atoms with Crippen LogP contribution in [0.25, 0.3) is 0 Å². The summed E-state index contributed by atoms with van der Waals surface area (Å²) in [4.78, 5) is 2.34. The molecular weight excluding hydrogens is 264 g/mol. The molecule has 0 amide bonds. The molecule has 90 valence electrons. The van der Waals surface area contributed by atoms with Crippen molar-refractivity contribution in [3.05, 3.63) is 34.3 Å². The minimum Gasteiger partial charge on any atom is -0.330 e. The first-order valence-corrected chi connectivity index (χ1v) is 6.58. The summed E-state index contributed by atoms with van der Waals surface area (Å²) < 4.78 is 1.13. The van der Waals surface area contributed by atoms with Gasteiger partial charge in [0.1, 0.15) is 0 Å². The molecule has 2 nitrogen and oxygen atoms in total. The number of benzene rings is 1. The average molecular weight is 285 g/mol. The quantitative estimate of drug-likeness (QED) is 0.871. The molecule has 1 rings (SSSR count). The highest BCUT2D eigenvalue weighted by atomic mass is 79.9. The Morgan fingerprint density at radius 1 is 1.31 bits per heavy atom. The smallest absolute Gasteiger partial charge is 0.0230 e. The molecule has 0 radical (unpaired) electrons. The maximum Gasteiger partial charge on any atom is 0.0230 e. The van der Waals surface area contributed by atoms with Gasteiger partial charge in [-0.15, -0.1) is 0 Å². The normalized spacial score (nSPS) is 13.1. The molecule has 0 spiro atoms. The standard InChI is InChI=1S/C13H21BrN2/c1-3-11(8-15)9-16(2)10-12-4-6-13(14)7-5-12/h4-7,11H,3,8-10,15H2,1-2H3. The van der Waals surface area contributed by atoms with E-state index in [2.05, 4.69) is 59.1 Å². The van der Waals surface area contributed by atoms with Gasteiger partial charge in [0.2, 0.25) is 0 Å². The van der Waals surface area contributed by atoms with Crippen LogP contribution < -0.4 is 5.73 Å². The summed E-state index contributed by atoms with van der Waals surface area (Å²) in [7, 11) is 2.15. The number of hydrogen-bond acceptors (Lipinski definition) is 2. The van der Waals surface area contributed by atoms with Crippen molar-refractivity contribution in [2.45, 2.75) is 19.9 Å². The monoisotopic (exact) mass is 284 g/mol. The van der Waals surface area contributed by atoms with E-state index in [4.69, 9.17) is 5.73 Å². The molecule has 16 heavy (non-hydrogen) atoms. The summed E-state index contributed by atoms with van der Waals surface area (Å²) in [5.41, 5.74) is 7.06. The number of nitrogens with zero attached hydrogens (tertiary/aromatic N) is 1. The van der Waals surface area contributed by atoms with Crippen molar-refractivity contribution in [2.24, 2.45) is 11.7 Å². The van der Waals surface area contributed by atoms with E-state index in [0.29, 0.717) is 5.92 Å². The van der Waals surface area contributed by atoms with Crippen LogP contribution in [-0.2, 0) is 6.54 Å². The predicted molar refractivity (Wildman–Crippen MR) is 73.3 cm³/mol. The van der Waals surface area contributed by atoms with Gasteiger partial charge in [0.15, 0.2) is 0 Å². The van der Waals surface area contributed by atoms with Gasteiger partial charge in [0, 0.05) is 17.6 Å². The molecule has 0 saturated heterocycles. The first-order chi connectivity index (χ1) is 7.65. The summed E-state index contributed by atoms with van der Waals surface area (Å²) >= 11 is 3.44. The Kier molecular flexibility index (Phi) is 6.03. The molecule has 0 fully saturated rings. The SMILES string of the molecule is CCC(CN)CN(C)Cc1ccc(Br)cc1. The second-order valence-corrected chi connectivity index (χ2v) is 5.25. The lowest BCUT2D eigenvalue weighted by molar-refractivity contribution is 0.268. The van der Waals surface area contributed by atoms with Crippen LogP contribution in [0.15, 0.2) is 28.7 Å². The molecule has 1 unspecified atom stereocenters. The van der Waals surface area contributed by atoms with Gasteiger partial charge in [-0.05, 0) is 37.2 Å². The fraction of sp³-hybridized carbons (Fsp3) is 0.538. The molecule has 1 atom stereocenters. The molecule has 0 bridgehead atoms. The van der Waals surface area contributed by atoms with E-state index < -0.39 is 0 Å². The van der Waals surface area contributed by atoms with Crippen LogP contribution >= 0.6 is 15.9 Å². The number of hydrogen-bond donors (Lipinski definition) is 1. The van der Waals surface area contributed by atoms with E-state index in [1.165, 1.54) is 5.56 Å². The van der Waals surface area contributed by atoms with Gasteiger partial charge < -0.3 is 10.6 Å². The third-order valence-electron chi connectivity index (χ3n) is 2.85. The number of rotatable bonds is 6. The lowest BCUT2D eigenvalue weighted by Gasteiger charge is -2.22. The summed E-state index contributed by atoms with van der Waals surface area (Å²) in [5.74, 6) is 0.612. The van der Waals surface area contributed by atoms with Crippen molar-refractivity contribution in [3.8, 4) is 0 Å². The minimum absolute atomic E-state index is 0.612. The molecule has 1 aromatic carbocycles. The zero-order valence-electron chi connectivity index (χ0n) is 10.1. The van der Waals surface area contributed by atoms with Crippen LogP contribution in [0.3, 0.4) is 0 Å². The minimum atomic E-state index is 0.612. The van der Waals surface area contributed by atoms with E-state index in [1.54, 1.807) is 0 Å². The highest BCUT2D eigenvalue weighted by Gasteiger charge is 2.08. The van der Waals surface area contributed by atoms with Crippen molar-refractivity contribution in [3.63, 3.8) is 0 Å². The van der Waals surface area contributed by atoms with Crippen LogP contribution in [0.2, 0.25) is 0 Å². The number of nitrogens with two attached hydrogens (primary N) is 1. The molecule has 3 heteroatoms. The first-order valence-electron chi connectivity index (χ1n) is 5.78. The average Bonchev–Trinajstić information content (AvgIpc) is 2.29. The maximum absolute atomic E-state index is 5.71. The Hall–Kier alpha value is -0.380. The van der Waals surface area contributed by atoms with Crippen LogP contribution in [0.5, 0.6) is 0 Å². The highest BCUT2D eigenvalue weighted by Crippen LogP contribution is 2.12. The topological polar surface area (TPSA) is 29.3 Å². The van der Waals surface area contributed by atoms with Crippen molar-refractivity contribution in [2.75, 3.05) is 20.1 Å². The van der Waals surface area contributed by atoms with E-state index in [0.717, 1.165) is 30.5 Å². The molecule has 0 aliphatic carbocycles. The second kappa shape index (κ2) is 7.05. The summed E-state index contributed by atoms with van der Waals surface area (Å²) in [6.07, 6.45) is 1.15. The fourth-order valence-electron chi connectivity index (χ4n) is 1.78. The predicted octanol–water partition coefficient (Wildman–Crippen LogP) is 2.87. The van der Waals surface area contributed by atoms with Gasteiger partial charge in [-0.25, -0.2) is 0 Å². The van der Waals surface area contributed by atoms with Crippen LogP contribution in [0.1, 0.15) is 18.9 Å². The summed E-state index contributed by atoms with van der Waals surface area (Å²) in [6.45, 7) is 5.04. The van der Waals surface area contributed by atoms with Crippen molar-refractivity contribution in [1.29, 1.82) is 0 Å². The van der Waals surface area contributed by atoms with Gasteiger partial charge in [-0.1, -0.05) is 41.4 Å². The number of halogens is 1. The molecule has 0 aliphatic heterocycles. The van der Waals surface area contributed by atoms with Gasteiger partial charge in [-0.3, -0.25) is 0 Å². The molecule has 1 aromatic rings. The van der Waals surface area contributed by atoms with Crippen LogP contribution in [0, 0.1) is 5.92 Å². The largest absolute Gasteiger partial charge is 0.330 e. The van der Waals surface area contributed by atoms with E-state index >= 15 is 0 Å². The molecule has 2 N–H and O–H groups in total. The Bertz CT molecular complexity index is 293. The lowest BCUT2D eigenvalue weighted by Crippen LogP contribution is -2.29. The Morgan fingerprint density at radius 2 is 1.94 bits per heavy atom. The molecule has 0 saturated carbocycles. The molecule has 0 aromatic heterocycles. The van der Waals surface area contributed by atoms with Crippen molar-refractivity contribution in [1.82, 2.24) is 4.90 Å². The first kappa shape index (κ1) is 13.7. The van der Waals surface area contributed by atoms with Gasteiger partial charge in [-0.2, -0.15) is 0 Å². The zero-order valence-corrected chi connectivity index (χ0v) is 11.7. The van der Waals surface area contributed by atoms with Gasteiger partial charge >= 0.3 is 0 Å². The molecular formula is C13H21BrN2. The van der Waals surface area contributed by atoms with E-state index in [-0.39, 0.29) is 0 Å². The molecule has 0 aliphatic rings.